The molecule has 1 radical (unpaired) electrons. The maximum absolute atomic E-state index is 11.7. The van der Waals surface area contributed by atoms with E-state index in [1.165, 1.54) is 0 Å². The number of phosphoric acid groups is 2. The summed E-state index contributed by atoms with van der Waals surface area (Å²) in [6.07, 6.45) is 0. The van der Waals surface area contributed by atoms with Crippen LogP contribution in [0.2, 0.25) is 0 Å². The van der Waals surface area contributed by atoms with Crippen LogP contribution in [0.1, 0.15) is 0 Å². The van der Waals surface area contributed by atoms with Crippen molar-refractivity contribution in [2.45, 2.75) is 0 Å². The minimum atomic E-state index is -5.39. The van der Waals surface area contributed by atoms with Gasteiger partial charge in [0, 0.05) is 0 Å². The first-order valence-corrected chi connectivity index (χ1v) is 8.66. The third kappa shape index (κ3) is 12.7. The van der Waals surface area contributed by atoms with Gasteiger partial charge in [-0.05, 0) is 24.3 Å². The Morgan fingerprint density at radius 2 is 1.00 bits per heavy atom. The third-order valence-corrected chi connectivity index (χ3v) is 2.81. The SMILES string of the molecule is O=P(O)(Oc1ccccc1)Oc1ccccc1.O=P([O-])([O-])[O-].[Nd+3]. The second-order valence-electron chi connectivity index (χ2n) is 3.72. The number of para-hydroxylation sites is 2. The second kappa shape index (κ2) is 10.5. The molecule has 121 valence electrons. The van der Waals surface area contributed by atoms with Gasteiger partial charge in [-0.25, -0.2) is 4.57 Å². The molecule has 0 bridgehead atoms. The van der Waals surface area contributed by atoms with Crippen molar-refractivity contribution < 1.29 is 78.6 Å². The van der Waals surface area contributed by atoms with Gasteiger partial charge in [0.25, 0.3) is 0 Å². The van der Waals surface area contributed by atoms with E-state index in [2.05, 4.69) is 0 Å². The Bertz CT molecular complexity index is 608. The molecule has 0 amide bonds. The van der Waals surface area contributed by atoms with Gasteiger partial charge < -0.3 is 28.3 Å². The van der Waals surface area contributed by atoms with E-state index in [4.69, 9.17) is 28.3 Å². The van der Waals surface area contributed by atoms with Crippen molar-refractivity contribution in [1.29, 1.82) is 0 Å². The molecule has 0 fully saturated rings. The molecule has 23 heavy (non-hydrogen) atoms. The fourth-order valence-corrected chi connectivity index (χ4v) is 2.06. The van der Waals surface area contributed by atoms with Gasteiger partial charge in [0.05, 0.1) is 0 Å². The van der Waals surface area contributed by atoms with Crippen molar-refractivity contribution in [3.05, 3.63) is 60.7 Å². The van der Waals surface area contributed by atoms with Crippen LogP contribution in [-0.4, -0.2) is 4.89 Å². The summed E-state index contributed by atoms with van der Waals surface area (Å²) in [6.45, 7) is 0. The van der Waals surface area contributed by atoms with Crippen LogP contribution < -0.4 is 23.7 Å². The van der Waals surface area contributed by atoms with Crippen LogP contribution >= 0.6 is 15.6 Å². The van der Waals surface area contributed by atoms with Gasteiger partial charge in [-0.2, -0.15) is 7.82 Å². The third-order valence-electron chi connectivity index (χ3n) is 1.93. The molecular formula is C12H11NdO8P2. The number of benzene rings is 2. The molecule has 0 aliphatic heterocycles. The molecule has 0 aromatic heterocycles. The fraction of sp³-hybridized carbons (Fsp3) is 0. The summed E-state index contributed by atoms with van der Waals surface area (Å²) in [4.78, 5) is 35.2. The molecule has 0 aliphatic rings. The van der Waals surface area contributed by atoms with Gasteiger partial charge in [0.2, 0.25) is 0 Å². The standard InChI is InChI=1S/C12H11O4P.Nd.H3O4P/c13-17(14,15-11-7-3-1-4-8-11)16-12-9-5-2-6-10-12;;1-5(2,3)4/h1-10H,(H,13,14);;(H3,1,2,3,4)/q;+3;/p-3. The summed E-state index contributed by atoms with van der Waals surface area (Å²) in [5.41, 5.74) is 0. The molecule has 2 aromatic rings. The van der Waals surface area contributed by atoms with Gasteiger partial charge in [0.1, 0.15) is 11.5 Å². The Labute approximate surface area is 165 Å². The summed E-state index contributed by atoms with van der Waals surface area (Å²) in [5.74, 6) is 0.573. The molecule has 0 aliphatic carbocycles. The van der Waals surface area contributed by atoms with Crippen LogP contribution in [0.4, 0.5) is 0 Å². The fourth-order valence-electron chi connectivity index (χ4n) is 1.25. The van der Waals surface area contributed by atoms with Crippen molar-refractivity contribution in [3.8, 4) is 11.5 Å². The van der Waals surface area contributed by atoms with Crippen molar-refractivity contribution in [3.63, 3.8) is 0 Å². The molecule has 8 nitrogen and oxygen atoms in total. The van der Waals surface area contributed by atoms with Gasteiger partial charge in [-0.3, -0.25) is 4.89 Å². The second-order valence-corrected chi connectivity index (χ2v) is 5.92. The molecule has 2 rings (SSSR count). The minimum Gasteiger partial charge on any atom is -0.822 e. The smallest absolute Gasteiger partial charge is 0.822 e. The van der Waals surface area contributed by atoms with Gasteiger partial charge in [0.15, 0.2) is 0 Å². The molecule has 2 aromatic carbocycles. The molecule has 0 heterocycles. The Hall–Kier alpha value is -0.309. The average molecular weight is 489 g/mol. The zero-order valence-corrected chi connectivity index (χ0v) is 16.5. The maximum Gasteiger partial charge on any atom is 3.00 e. The predicted octanol–water partition coefficient (Wildman–Crippen LogP) is 0.420. The van der Waals surface area contributed by atoms with Gasteiger partial charge in [-0.1, -0.05) is 36.4 Å². The first-order valence-electron chi connectivity index (χ1n) is 5.71. The van der Waals surface area contributed by atoms with Gasteiger partial charge in [-0.15, -0.1) is 0 Å². The molecule has 0 saturated heterocycles. The molecule has 0 spiro atoms. The van der Waals surface area contributed by atoms with E-state index in [0.717, 1.165) is 0 Å². The minimum absolute atomic E-state index is 0. The summed E-state index contributed by atoms with van der Waals surface area (Å²) < 4.78 is 30.0. The zero-order valence-electron chi connectivity index (χ0n) is 11.5. The Morgan fingerprint density at radius 1 is 0.739 bits per heavy atom. The van der Waals surface area contributed by atoms with Crippen LogP contribution in [0.15, 0.2) is 60.7 Å². The van der Waals surface area contributed by atoms with Crippen LogP contribution in [0.5, 0.6) is 11.5 Å². The van der Waals surface area contributed by atoms with E-state index < -0.39 is 15.6 Å². The number of phosphoric ester groups is 1. The Morgan fingerprint density at radius 3 is 1.26 bits per heavy atom. The maximum atomic E-state index is 11.7. The van der Waals surface area contributed by atoms with Crippen molar-refractivity contribution in [2.75, 3.05) is 0 Å². The quantitative estimate of drug-likeness (QED) is 0.609. The van der Waals surface area contributed by atoms with E-state index >= 15 is 0 Å². The van der Waals surface area contributed by atoms with Crippen LogP contribution in [0.3, 0.4) is 0 Å². The zero-order chi connectivity index (χ0) is 16.6. The Kier molecular flexibility index (Phi) is 10.4. The first-order chi connectivity index (χ1) is 10.2. The van der Waals surface area contributed by atoms with Crippen LogP contribution in [0.25, 0.3) is 0 Å². The monoisotopic (exact) mass is 487 g/mol. The summed E-state index contributed by atoms with van der Waals surface area (Å²) in [5, 5.41) is 0. The van der Waals surface area contributed by atoms with Gasteiger partial charge >= 0.3 is 48.7 Å². The van der Waals surface area contributed by atoms with Crippen molar-refractivity contribution in [2.24, 2.45) is 0 Å². The van der Waals surface area contributed by atoms with Crippen molar-refractivity contribution >= 4 is 15.6 Å². The van der Waals surface area contributed by atoms with E-state index in [1.54, 1.807) is 60.7 Å². The largest absolute Gasteiger partial charge is 3.00 e. The molecule has 0 atom stereocenters. The van der Waals surface area contributed by atoms with E-state index in [1.807, 2.05) is 0 Å². The first kappa shape index (κ1) is 22.7. The van der Waals surface area contributed by atoms with E-state index in [0.29, 0.717) is 0 Å². The normalized spacial score (nSPS) is 10.6. The predicted molar refractivity (Wildman–Crippen MR) is 71.6 cm³/mol. The van der Waals surface area contributed by atoms with Crippen LogP contribution in [-0.2, 0) is 9.13 Å². The molecule has 1 N–H and O–H groups in total. The summed E-state index contributed by atoms with van der Waals surface area (Å²) in [7, 11) is -9.53. The Balaban J connectivity index is 0.000000709. The number of hydrogen-bond donors (Lipinski definition) is 1. The summed E-state index contributed by atoms with van der Waals surface area (Å²) >= 11 is 0. The molecular weight excluding hydrogens is 478 g/mol. The number of hydrogen-bond acceptors (Lipinski definition) is 7. The molecule has 0 unspecified atom stereocenters. The molecule has 0 saturated carbocycles. The number of rotatable bonds is 4. The van der Waals surface area contributed by atoms with Crippen molar-refractivity contribution in [1.82, 2.24) is 0 Å². The van der Waals surface area contributed by atoms with Crippen LogP contribution in [0, 0.1) is 40.8 Å². The summed E-state index contributed by atoms with van der Waals surface area (Å²) in [6, 6.07) is 16.7. The topological polar surface area (TPSA) is 142 Å². The molecule has 11 heteroatoms. The van der Waals surface area contributed by atoms with E-state index in [-0.39, 0.29) is 52.3 Å². The van der Waals surface area contributed by atoms with E-state index in [9.17, 15) is 9.46 Å². The average Bonchev–Trinajstić information content (AvgIpc) is 2.38.